The molecule has 0 fully saturated rings. The Hall–Kier alpha value is -0.980. The van der Waals surface area contributed by atoms with Gasteiger partial charge in [-0.25, -0.2) is 0 Å². The molecular weight excluding hydrogens is 232 g/mol. The van der Waals surface area contributed by atoms with E-state index in [1.165, 1.54) is 32.1 Å². The number of hydrogen-bond donors (Lipinski definition) is 1. The molecule has 1 aromatic carbocycles. The number of unbranched alkanes of at least 4 members (excludes halogenated alkanes) is 1. The van der Waals surface area contributed by atoms with Crippen LogP contribution in [0.5, 0.6) is 5.75 Å². The van der Waals surface area contributed by atoms with Crippen LogP contribution in [-0.2, 0) is 6.42 Å². The minimum absolute atomic E-state index is 0.397. The highest BCUT2D eigenvalue weighted by Gasteiger charge is 2.23. The van der Waals surface area contributed by atoms with Crippen molar-refractivity contribution in [3.63, 3.8) is 0 Å². The Morgan fingerprint density at radius 2 is 1.68 bits per heavy atom. The summed E-state index contributed by atoms with van der Waals surface area (Å²) in [5, 5.41) is 9.78. The molecule has 108 valence electrons. The topological polar surface area (TPSA) is 20.2 Å². The van der Waals surface area contributed by atoms with Crippen molar-refractivity contribution in [2.45, 2.75) is 66.2 Å². The number of aryl methyl sites for hydroxylation is 1. The lowest BCUT2D eigenvalue weighted by molar-refractivity contribution is 0.204. The molecule has 1 heteroatoms. The average Bonchev–Trinajstić information content (AvgIpc) is 2.34. The summed E-state index contributed by atoms with van der Waals surface area (Å²) in [6, 6.07) is 7.71. The molecule has 0 amide bonds. The first-order valence-corrected chi connectivity index (χ1v) is 7.72. The minimum atomic E-state index is 0.397. The third-order valence-electron chi connectivity index (χ3n) is 4.12. The quantitative estimate of drug-likeness (QED) is 0.681. The highest BCUT2D eigenvalue weighted by molar-refractivity contribution is 5.31. The maximum Gasteiger partial charge on any atom is 0.118 e. The number of phenolic OH excluding ortho intramolecular Hbond substituents is 1. The van der Waals surface area contributed by atoms with Gasteiger partial charge in [0, 0.05) is 0 Å². The SMILES string of the molecule is CCCCC(CCCc1ccccc1O)C(C)(C)C. The van der Waals surface area contributed by atoms with E-state index in [0.717, 1.165) is 17.9 Å². The summed E-state index contributed by atoms with van der Waals surface area (Å²) in [7, 11) is 0. The molecule has 1 unspecified atom stereocenters. The van der Waals surface area contributed by atoms with E-state index in [9.17, 15) is 5.11 Å². The van der Waals surface area contributed by atoms with E-state index in [2.05, 4.69) is 27.7 Å². The fourth-order valence-corrected chi connectivity index (χ4v) is 2.72. The molecule has 1 aromatic rings. The molecule has 0 aliphatic rings. The number of phenols is 1. The smallest absolute Gasteiger partial charge is 0.118 e. The van der Waals surface area contributed by atoms with Gasteiger partial charge in [-0.3, -0.25) is 0 Å². The van der Waals surface area contributed by atoms with Gasteiger partial charge in [-0.1, -0.05) is 58.7 Å². The molecule has 1 N–H and O–H groups in total. The summed E-state index contributed by atoms with van der Waals surface area (Å²) in [6.07, 6.45) is 7.37. The van der Waals surface area contributed by atoms with Crippen LogP contribution in [0.15, 0.2) is 24.3 Å². The first kappa shape index (κ1) is 16.1. The molecular formula is C18H30O. The van der Waals surface area contributed by atoms with Gasteiger partial charge in [-0.15, -0.1) is 0 Å². The molecule has 0 aliphatic carbocycles. The Labute approximate surface area is 119 Å². The first-order valence-electron chi connectivity index (χ1n) is 7.72. The van der Waals surface area contributed by atoms with Gasteiger partial charge in [-0.2, -0.15) is 0 Å². The molecule has 1 nitrogen and oxygen atoms in total. The summed E-state index contributed by atoms with van der Waals surface area (Å²) in [5.74, 6) is 1.24. The van der Waals surface area contributed by atoms with Crippen molar-refractivity contribution in [2.24, 2.45) is 11.3 Å². The van der Waals surface area contributed by atoms with Gasteiger partial charge in [0.05, 0.1) is 0 Å². The number of aromatic hydroxyl groups is 1. The van der Waals surface area contributed by atoms with Crippen molar-refractivity contribution in [1.29, 1.82) is 0 Å². The molecule has 0 heterocycles. The highest BCUT2D eigenvalue weighted by Crippen LogP contribution is 2.34. The van der Waals surface area contributed by atoms with Crippen LogP contribution in [0.25, 0.3) is 0 Å². The lowest BCUT2D eigenvalue weighted by Gasteiger charge is -2.31. The third kappa shape index (κ3) is 5.67. The predicted molar refractivity (Wildman–Crippen MR) is 83.5 cm³/mol. The van der Waals surface area contributed by atoms with Crippen LogP contribution in [0.3, 0.4) is 0 Å². The molecule has 0 bridgehead atoms. The zero-order valence-corrected chi connectivity index (χ0v) is 13.1. The summed E-state index contributed by atoms with van der Waals surface area (Å²) in [4.78, 5) is 0. The van der Waals surface area contributed by atoms with Crippen LogP contribution >= 0.6 is 0 Å². The molecule has 1 rings (SSSR count). The molecule has 0 saturated heterocycles. The van der Waals surface area contributed by atoms with E-state index >= 15 is 0 Å². The maximum absolute atomic E-state index is 9.78. The van der Waals surface area contributed by atoms with Gasteiger partial charge in [0.25, 0.3) is 0 Å². The number of rotatable bonds is 7. The molecule has 0 saturated carbocycles. The van der Waals surface area contributed by atoms with Crippen LogP contribution in [0.1, 0.15) is 65.4 Å². The van der Waals surface area contributed by atoms with E-state index < -0.39 is 0 Å². The monoisotopic (exact) mass is 262 g/mol. The van der Waals surface area contributed by atoms with E-state index in [-0.39, 0.29) is 0 Å². The van der Waals surface area contributed by atoms with Gasteiger partial charge in [0.2, 0.25) is 0 Å². The number of hydrogen-bond acceptors (Lipinski definition) is 1. The molecule has 0 spiro atoms. The number of para-hydroxylation sites is 1. The van der Waals surface area contributed by atoms with Gasteiger partial charge in [-0.05, 0) is 48.6 Å². The van der Waals surface area contributed by atoms with E-state index in [4.69, 9.17) is 0 Å². The fraction of sp³-hybridized carbons (Fsp3) is 0.667. The van der Waals surface area contributed by atoms with Crippen molar-refractivity contribution < 1.29 is 5.11 Å². The standard InChI is InChI=1S/C18H30O/c1-5-6-12-16(18(2,3)4)13-9-11-15-10-7-8-14-17(15)19/h7-8,10,14,16,19H,5-6,9,11-13H2,1-4H3. The van der Waals surface area contributed by atoms with E-state index in [0.29, 0.717) is 11.2 Å². The Bertz CT molecular complexity index is 362. The molecule has 1 atom stereocenters. The molecule has 0 aromatic heterocycles. The largest absolute Gasteiger partial charge is 0.508 e. The second-order valence-electron chi connectivity index (χ2n) is 6.73. The summed E-state index contributed by atoms with van der Waals surface area (Å²) >= 11 is 0. The Balaban J connectivity index is 2.46. The van der Waals surface area contributed by atoms with Crippen molar-refractivity contribution in [1.82, 2.24) is 0 Å². The second-order valence-corrected chi connectivity index (χ2v) is 6.73. The third-order valence-corrected chi connectivity index (χ3v) is 4.12. The second kappa shape index (κ2) is 7.57. The zero-order valence-electron chi connectivity index (χ0n) is 13.1. The highest BCUT2D eigenvalue weighted by atomic mass is 16.3. The lowest BCUT2D eigenvalue weighted by atomic mass is 9.75. The van der Waals surface area contributed by atoms with Crippen molar-refractivity contribution >= 4 is 0 Å². The van der Waals surface area contributed by atoms with E-state index in [1.807, 2.05) is 18.2 Å². The van der Waals surface area contributed by atoms with Crippen LogP contribution in [0.2, 0.25) is 0 Å². The van der Waals surface area contributed by atoms with E-state index in [1.54, 1.807) is 6.07 Å². The molecule has 0 aliphatic heterocycles. The van der Waals surface area contributed by atoms with Crippen LogP contribution in [0.4, 0.5) is 0 Å². The fourth-order valence-electron chi connectivity index (χ4n) is 2.72. The van der Waals surface area contributed by atoms with Crippen LogP contribution in [0, 0.1) is 11.3 Å². The van der Waals surface area contributed by atoms with Gasteiger partial charge in [0.15, 0.2) is 0 Å². The maximum atomic E-state index is 9.78. The van der Waals surface area contributed by atoms with Gasteiger partial charge in [0.1, 0.15) is 5.75 Å². The van der Waals surface area contributed by atoms with Gasteiger partial charge < -0.3 is 5.11 Å². The lowest BCUT2D eigenvalue weighted by Crippen LogP contribution is -2.20. The Morgan fingerprint density at radius 1 is 1.05 bits per heavy atom. The van der Waals surface area contributed by atoms with Gasteiger partial charge >= 0.3 is 0 Å². The minimum Gasteiger partial charge on any atom is -0.508 e. The van der Waals surface area contributed by atoms with Crippen LogP contribution < -0.4 is 0 Å². The van der Waals surface area contributed by atoms with Crippen molar-refractivity contribution in [3.05, 3.63) is 29.8 Å². The van der Waals surface area contributed by atoms with Crippen LogP contribution in [-0.4, -0.2) is 5.11 Å². The zero-order chi connectivity index (χ0) is 14.3. The summed E-state index contributed by atoms with van der Waals surface area (Å²) in [6.45, 7) is 9.33. The normalized spacial score (nSPS) is 13.5. The van der Waals surface area contributed by atoms with Crippen molar-refractivity contribution in [2.75, 3.05) is 0 Å². The summed E-state index contributed by atoms with van der Waals surface area (Å²) < 4.78 is 0. The number of benzene rings is 1. The Morgan fingerprint density at radius 3 is 2.26 bits per heavy atom. The molecule has 0 radical (unpaired) electrons. The summed E-state index contributed by atoms with van der Waals surface area (Å²) in [5.41, 5.74) is 1.49. The predicted octanol–water partition coefficient (Wildman–Crippen LogP) is 5.57. The molecule has 19 heavy (non-hydrogen) atoms. The first-order chi connectivity index (χ1) is 8.95. The average molecular weight is 262 g/mol. The van der Waals surface area contributed by atoms with Crippen molar-refractivity contribution in [3.8, 4) is 5.75 Å². The Kier molecular flexibility index (Phi) is 6.41.